The van der Waals surface area contributed by atoms with Crippen molar-refractivity contribution in [1.82, 2.24) is 0 Å². The van der Waals surface area contributed by atoms with Crippen LogP contribution in [0.4, 0.5) is 0 Å². The van der Waals surface area contributed by atoms with E-state index in [0.29, 0.717) is 0 Å². The Balaban J connectivity index is 3.56. The maximum absolute atomic E-state index is 8.59. The number of aliphatic hydroxyl groups excluding tert-OH is 1. The van der Waals surface area contributed by atoms with Crippen molar-refractivity contribution in [2.45, 2.75) is 13.0 Å². The van der Waals surface area contributed by atoms with Crippen LogP contribution in [0.25, 0.3) is 0 Å². The highest BCUT2D eigenvalue weighted by Crippen LogP contribution is 1.88. The van der Waals surface area contributed by atoms with E-state index in [1.54, 1.807) is 6.92 Å². The Hall–Kier alpha value is -0.700. The second-order valence-electron chi connectivity index (χ2n) is 1.57. The second-order valence-corrected chi connectivity index (χ2v) is 1.57. The Bertz CT molecular complexity index is 88.4. The van der Waals surface area contributed by atoms with Crippen molar-refractivity contribution in [2.24, 2.45) is 5.73 Å². The van der Waals surface area contributed by atoms with Gasteiger partial charge in [-0.15, -0.1) is 0 Å². The minimum atomic E-state index is -0.157. The first-order valence-electron chi connectivity index (χ1n) is 2.37. The summed E-state index contributed by atoms with van der Waals surface area (Å²) in [5.74, 6) is -0.125. The van der Waals surface area contributed by atoms with E-state index in [1.165, 1.54) is 13.2 Å². The summed E-state index contributed by atoms with van der Waals surface area (Å²) < 4.78 is 4.40. The lowest BCUT2D eigenvalue weighted by atomic mass is 10.4. The summed E-state index contributed by atoms with van der Waals surface area (Å²) in [5.41, 5.74) is 5.25. The van der Waals surface area contributed by atoms with Gasteiger partial charge in [-0.2, -0.15) is 0 Å². The average Bonchev–Trinajstić information content (AvgIpc) is 1.65. The van der Waals surface area contributed by atoms with E-state index in [0.717, 1.165) is 0 Å². The summed E-state index contributed by atoms with van der Waals surface area (Å²) >= 11 is 0. The zero-order valence-electron chi connectivity index (χ0n) is 5.09. The predicted octanol–water partition coefficient (Wildman–Crippen LogP) is 0.379. The number of hydrogen-bond acceptors (Lipinski definition) is 3. The molecule has 1 unspecified atom stereocenters. The Morgan fingerprint density at radius 2 is 2.38 bits per heavy atom. The molecule has 3 heteroatoms. The standard InChI is InChI=1S/C5H11NO2/c1-4(6)3-5(7)8-2/h3-4,7H,6H2,1-2H3/b5-3+. The molecule has 0 aliphatic carbocycles. The van der Waals surface area contributed by atoms with Gasteiger partial charge in [0.15, 0.2) is 0 Å². The molecule has 0 spiro atoms. The van der Waals surface area contributed by atoms with Crippen molar-refractivity contribution in [3.8, 4) is 0 Å². The van der Waals surface area contributed by atoms with Crippen molar-refractivity contribution in [3.05, 3.63) is 12.0 Å². The Kier molecular flexibility index (Phi) is 3.03. The molecule has 0 saturated heterocycles. The van der Waals surface area contributed by atoms with E-state index in [4.69, 9.17) is 10.8 Å². The van der Waals surface area contributed by atoms with Gasteiger partial charge in [-0.3, -0.25) is 0 Å². The van der Waals surface area contributed by atoms with Gasteiger partial charge in [-0.25, -0.2) is 0 Å². The fourth-order valence-corrected chi connectivity index (χ4v) is 0.293. The topological polar surface area (TPSA) is 55.5 Å². The molecule has 0 aromatic rings. The van der Waals surface area contributed by atoms with Crippen LogP contribution in [0.3, 0.4) is 0 Å². The van der Waals surface area contributed by atoms with Crippen LogP contribution < -0.4 is 5.73 Å². The molecule has 0 aromatic heterocycles. The largest absolute Gasteiger partial charge is 0.481 e. The van der Waals surface area contributed by atoms with Gasteiger partial charge in [0.2, 0.25) is 0 Å². The molecule has 3 N–H and O–H groups in total. The molecule has 0 saturated carbocycles. The molecule has 0 radical (unpaired) electrons. The highest BCUT2D eigenvalue weighted by molar-refractivity contribution is 4.88. The number of aliphatic hydroxyl groups is 1. The summed E-state index contributed by atoms with van der Waals surface area (Å²) in [4.78, 5) is 0. The summed E-state index contributed by atoms with van der Waals surface area (Å²) in [7, 11) is 1.38. The summed E-state index contributed by atoms with van der Waals surface area (Å²) in [5, 5.41) is 8.59. The third-order valence-electron chi connectivity index (χ3n) is 0.615. The van der Waals surface area contributed by atoms with Crippen molar-refractivity contribution in [2.75, 3.05) is 7.11 Å². The Morgan fingerprint density at radius 1 is 1.88 bits per heavy atom. The minimum Gasteiger partial charge on any atom is -0.481 e. The van der Waals surface area contributed by atoms with Crippen LogP contribution in [0.15, 0.2) is 12.0 Å². The van der Waals surface area contributed by atoms with E-state index < -0.39 is 0 Å². The maximum atomic E-state index is 8.59. The van der Waals surface area contributed by atoms with Crippen molar-refractivity contribution >= 4 is 0 Å². The quantitative estimate of drug-likeness (QED) is 0.514. The number of hydrogen-bond donors (Lipinski definition) is 2. The third kappa shape index (κ3) is 3.49. The fourth-order valence-electron chi connectivity index (χ4n) is 0.293. The van der Waals surface area contributed by atoms with Crippen molar-refractivity contribution < 1.29 is 9.84 Å². The second kappa shape index (κ2) is 3.32. The molecule has 0 rings (SSSR count). The fraction of sp³-hybridized carbons (Fsp3) is 0.600. The first kappa shape index (κ1) is 7.30. The Labute approximate surface area is 48.8 Å². The number of nitrogens with two attached hydrogens (primary N) is 1. The average molecular weight is 117 g/mol. The molecule has 3 nitrogen and oxygen atoms in total. The number of ether oxygens (including phenoxy) is 1. The van der Waals surface area contributed by atoms with Crippen molar-refractivity contribution in [1.29, 1.82) is 0 Å². The molecule has 8 heavy (non-hydrogen) atoms. The molecule has 1 atom stereocenters. The van der Waals surface area contributed by atoms with Gasteiger partial charge in [-0.1, -0.05) is 0 Å². The van der Waals surface area contributed by atoms with Gasteiger partial charge in [0.1, 0.15) is 0 Å². The molecule has 0 aliphatic rings. The molecule has 0 aliphatic heterocycles. The van der Waals surface area contributed by atoms with E-state index in [-0.39, 0.29) is 12.0 Å². The van der Waals surface area contributed by atoms with Gasteiger partial charge in [0, 0.05) is 12.1 Å². The molecule has 0 fully saturated rings. The smallest absolute Gasteiger partial charge is 0.273 e. The molecule has 0 amide bonds. The van der Waals surface area contributed by atoms with Crippen LogP contribution in [0, 0.1) is 0 Å². The number of methoxy groups -OCH3 is 1. The number of rotatable bonds is 2. The summed E-state index contributed by atoms with van der Waals surface area (Å²) in [6.07, 6.45) is 1.42. The van der Waals surface area contributed by atoms with Crippen LogP contribution in [-0.4, -0.2) is 18.3 Å². The SMILES string of the molecule is CO/C(O)=C/C(C)N. The Morgan fingerprint density at radius 3 is 2.50 bits per heavy atom. The third-order valence-corrected chi connectivity index (χ3v) is 0.615. The molecule has 0 bridgehead atoms. The van der Waals surface area contributed by atoms with E-state index >= 15 is 0 Å². The molecular weight excluding hydrogens is 106 g/mol. The molecule has 0 heterocycles. The van der Waals surface area contributed by atoms with Gasteiger partial charge >= 0.3 is 0 Å². The normalized spacial score (nSPS) is 15.6. The van der Waals surface area contributed by atoms with E-state index in [2.05, 4.69) is 4.74 Å². The molecular formula is C5H11NO2. The van der Waals surface area contributed by atoms with Gasteiger partial charge in [0.05, 0.1) is 7.11 Å². The van der Waals surface area contributed by atoms with Crippen LogP contribution in [-0.2, 0) is 4.74 Å². The minimum absolute atomic E-state index is 0.125. The summed E-state index contributed by atoms with van der Waals surface area (Å²) in [6, 6.07) is -0.157. The van der Waals surface area contributed by atoms with Gasteiger partial charge in [0.25, 0.3) is 5.95 Å². The highest BCUT2D eigenvalue weighted by Gasteiger charge is 1.90. The lowest BCUT2D eigenvalue weighted by Gasteiger charge is -1.97. The van der Waals surface area contributed by atoms with Gasteiger partial charge in [-0.05, 0) is 6.92 Å². The summed E-state index contributed by atoms with van der Waals surface area (Å²) in [6.45, 7) is 1.75. The molecule has 0 aromatic carbocycles. The monoisotopic (exact) mass is 117 g/mol. The van der Waals surface area contributed by atoms with E-state index in [1.807, 2.05) is 0 Å². The van der Waals surface area contributed by atoms with Crippen LogP contribution in [0.1, 0.15) is 6.92 Å². The zero-order chi connectivity index (χ0) is 6.57. The van der Waals surface area contributed by atoms with E-state index in [9.17, 15) is 0 Å². The van der Waals surface area contributed by atoms with Gasteiger partial charge < -0.3 is 15.6 Å². The van der Waals surface area contributed by atoms with Crippen LogP contribution >= 0.6 is 0 Å². The van der Waals surface area contributed by atoms with Crippen molar-refractivity contribution in [3.63, 3.8) is 0 Å². The zero-order valence-corrected chi connectivity index (χ0v) is 5.09. The van der Waals surface area contributed by atoms with Crippen LogP contribution in [0.2, 0.25) is 0 Å². The lowest BCUT2D eigenvalue weighted by molar-refractivity contribution is 0.134. The highest BCUT2D eigenvalue weighted by atomic mass is 16.6. The predicted molar refractivity (Wildman–Crippen MR) is 31.4 cm³/mol. The lowest BCUT2D eigenvalue weighted by Crippen LogP contribution is -2.11. The molecule has 48 valence electrons. The first-order valence-corrected chi connectivity index (χ1v) is 2.37. The maximum Gasteiger partial charge on any atom is 0.273 e. The van der Waals surface area contributed by atoms with Crippen LogP contribution in [0.5, 0.6) is 0 Å². The first-order chi connectivity index (χ1) is 3.66.